The normalized spacial score (nSPS) is 27.3. The molecular formula is C12H19ClN3O6P. The highest BCUT2D eigenvalue weighted by molar-refractivity contribution is 7.47. The Morgan fingerprint density at radius 1 is 1.65 bits per heavy atom. The molecule has 9 nitrogen and oxygen atoms in total. The van der Waals surface area contributed by atoms with E-state index in [1.807, 2.05) is 0 Å². The molecule has 1 aliphatic heterocycles. The molecule has 1 fully saturated rings. The van der Waals surface area contributed by atoms with Crippen LogP contribution in [0.5, 0.6) is 0 Å². The van der Waals surface area contributed by atoms with Crippen LogP contribution in [-0.4, -0.2) is 38.6 Å². The molecule has 4 atom stereocenters. The van der Waals surface area contributed by atoms with E-state index < -0.39 is 37.3 Å². The van der Waals surface area contributed by atoms with Crippen molar-refractivity contribution in [1.29, 1.82) is 0 Å². The monoisotopic (exact) mass is 367 g/mol. The Morgan fingerprint density at radius 3 is 2.96 bits per heavy atom. The van der Waals surface area contributed by atoms with Crippen molar-refractivity contribution in [2.24, 2.45) is 0 Å². The highest BCUT2D eigenvalue weighted by atomic mass is 35.5. The zero-order valence-electron chi connectivity index (χ0n) is 12.7. The predicted molar refractivity (Wildman–Crippen MR) is 83.1 cm³/mol. The molecule has 0 saturated carbocycles. The molecule has 2 rings (SSSR count). The Morgan fingerprint density at radius 2 is 2.35 bits per heavy atom. The molecule has 0 aromatic carbocycles. The van der Waals surface area contributed by atoms with Crippen LogP contribution in [0.25, 0.3) is 0 Å². The average molecular weight is 368 g/mol. The third-order valence-electron chi connectivity index (χ3n) is 3.02. The molecule has 3 N–H and O–H groups in total. The predicted octanol–water partition coefficient (Wildman–Crippen LogP) is 1.26. The minimum Gasteiger partial charge on any atom is -0.383 e. The lowest BCUT2D eigenvalue weighted by Crippen LogP contribution is -2.30. The maximum Gasteiger partial charge on any atom is 0.472 e. The van der Waals surface area contributed by atoms with Crippen LogP contribution in [0.4, 0.5) is 5.82 Å². The molecule has 1 aromatic heterocycles. The Hall–Kier alpha value is -0.960. The summed E-state index contributed by atoms with van der Waals surface area (Å²) in [6.07, 6.45) is 0.0127. The number of aromatic nitrogens is 2. The Bertz CT molecular complexity index is 654. The van der Waals surface area contributed by atoms with E-state index in [-0.39, 0.29) is 12.4 Å². The summed E-state index contributed by atoms with van der Waals surface area (Å²) in [6, 6.07) is 1.45. The van der Waals surface area contributed by atoms with Crippen LogP contribution in [0.2, 0.25) is 0 Å². The van der Waals surface area contributed by atoms with Gasteiger partial charge in [-0.1, -0.05) is 0 Å². The average Bonchev–Trinajstić information content (AvgIpc) is 2.76. The lowest BCUT2D eigenvalue weighted by Gasteiger charge is -2.18. The first-order chi connectivity index (χ1) is 10.7. The second-order valence-electron chi connectivity index (χ2n) is 5.36. The van der Waals surface area contributed by atoms with Crippen molar-refractivity contribution in [3.8, 4) is 0 Å². The quantitative estimate of drug-likeness (QED) is 0.568. The van der Waals surface area contributed by atoms with Crippen molar-refractivity contribution in [1.82, 2.24) is 9.55 Å². The molecular weight excluding hydrogens is 349 g/mol. The van der Waals surface area contributed by atoms with Crippen molar-refractivity contribution >= 4 is 25.2 Å². The number of phosphoric acid groups is 1. The van der Waals surface area contributed by atoms with Gasteiger partial charge in [-0.05, 0) is 26.3 Å². The molecule has 0 radical (unpaired) electrons. The Kier molecular flexibility index (Phi) is 5.83. The minimum absolute atomic E-state index is 0.0994. The second kappa shape index (κ2) is 7.29. The first kappa shape index (κ1) is 18.4. The van der Waals surface area contributed by atoms with Gasteiger partial charge in [0.1, 0.15) is 5.82 Å². The van der Waals surface area contributed by atoms with Gasteiger partial charge in [-0.25, -0.2) is 9.36 Å². The van der Waals surface area contributed by atoms with Gasteiger partial charge in [0, 0.05) is 6.20 Å². The van der Waals surface area contributed by atoms with Gasteiger partial charge in [0.25, 0.3) is 0 Å². The van der Waals surface area contributed by atoms with Gasteiger partial charge in [0.05, 0.1) is 24.2 Å². The minimum atomic E-state index is -4.15. The number of alkyl halides is 1. The molecule has 4 unspecified atom stereocenters. The summed E-state index contributed by atoms with van der Waals surface area (Å²) in [4.78, 5) is 24.9. The fraction of sp³-hybridized carbons (Fsp3) is 0.667. The van der Waals surface area contributed by atoms with E-state index in [0.717, 1.165) is 0 Å². The van der Waals surface area contributed by atoms with Crippen molar-refractivity contribution in [3.63, 3.8) is 0 Å². The molecule has 0 bridgehead atoms. The molecule has 1 saturated heterocycles. The zero-order chi connectivity index (χ0) is 17.2. The van der Waals surface area contributed by atoms with Crippen molar-refractivity contribution < 1.29 is 23.2 Å². The number of anilines is 1. The number of hydrogen-bond donors (Lipinski definition) is 2. The molecule has 0 amide bonds. The lowest BCUT2D eigenvalue weighted by molar-refractivity contribution is -0.0263. The summed E-state index contributed by atoms with van der Waals surface area (Å²) in [5.74, 6) is 0.0994. The van der Waals surface area contributed by atoms with Gasteiger partial charge in [-0.3, -0.25) is 13.6 Å². The third kappa shape index (κ3) is 5.00. The number of nitrogen functional groups attached to an aromatic ring is 1. The van der Waals surface area contributed by atoms with Gasteiger partial charge in [-0.2, -0.15) is 4.98 Å². The smallest absolute Gasteiger partial charge is 0.383 e. The number of nitrogens with two attached hydrogens (primary N) is 1. The van der Waals surface area contributed by atoms with E-state index in [1.54, 1.807) is 13.8 Å². The summed E-state index contributed by atoms with van der Waals surface area (Å²) in [5, 5.41) is -0.518. The molecule has 11 heteroatoms. The third-order valence-corrected chi connectivity index (χ3v) is 4.58. The summed E-state index contributed by atoms with van der Waals surface area (Å²) in [7, 11) is -4.15. The Labute approximate surface area is 137 Å². The standard InChI is InChI=1S/C12H19ClN3O6P/c1-7(2)22-23(18,19)20-6-8-5-9(13)11(21-8)16-4-3-10(14)15-12(16)17/h3-4,7-9,11H,5-6H2,1-2H3,(H,18,19)(H2,14,15,17). The molecule has 1 aliphatic rings. The topological polar surface area (TPSA) is 126 Å². The number of hydrogen-bond acceptors (Lipinski definition) is 7. The second-order valence-corrected chi connectivity index (χ2v) is 7.33. The zero-order valence-corrected chi connectivity index (χ0v) is 14.3. The molecule has 2 heterocycles. The number of phosphoric ester groups is 1. The highest BCUT2D eigenvalue weighted by Crippen LogP contribution is 2.45. The van der Waals surface area contributed by atoms with Gasteiger partial charge in [0.15, 0.2) is 6.23 Å². The lowest BCUT2D eigenvalue weighted by atomic mass is 10.2. The molecule has 0 aliphatic carbocycles. The fourth-order valence-corrected chi connectivity index (χ4v) is 3.47. The number of ether oxygens (including phenoxy) is 1. The summed E-state index contributed by atoms with van der Waals surface area (Å²) >= 11 is 6.19. The van der Waals surface area contributed by atoms with Gasteiger partial charge in [0.2, 0.25) is 0 Å². The molecule has 0 spiro atoms. The highest BCUT2D eigenvalue weighted by Gasteiger charge is 2.37. The SMILES string of the molecule is CC(C)OP(=O)(O)OCC1CC(Cl)C(n2ccc(N)nc2=O)O1. The molecule has 23 heavy (non-hydrogen) atoms. The number of nitrogens with zero attached hydrogens (tertiary/aromatic N) is 2. The van der Waals surface area contributed by atoms with E-state index in [2.05, 4.69) is 4.98 Å². The first-order valence-electron chi connectivity index (χ1n) is 6.98. The van der Waals surface area contributed by atoms with E-state index in [0.29, 0.717) is 6.42 Å². The Balaban J connectivity index is 1.99. The summed E-state index contributed by atoms with van der Waals surface area (Å²) in [6.45, 7) is 3.05. The largest absolute Gasteiger partial charge is 0.472 e. The van der Waals surface area contributed by atoms with Crippen LogP contribution < -0.4 is 11.4 Å². The van der Waals surface area contributed by atoms with Gasteiger partial charge in [-0.15, -0.1) is 11.6 Å². The van der Waals surface area contributed by atoms with Gasteiger partial charge < -0.3 is 15.4 Å². The fourth-order valence-electron chi connectivity index (χ4n) is 2.15. The maximum absolute atomic E-state index is 11.8. The van der Waals surface area contributed by atoms with Crippen LogP contribution in [0.15, 0.2) is 17.1 Å². The van der Waals surface area contributed by atoms with E-state index in [1.165, 1.54) is 16.8 Å². The first-order valence-corrected chi connectivity index (χ1v) is 8.91. The van der Waals surface area contributed by atoms with Crippen molar-refractivity contribution in [2.45, 2.75) is 44.1 Å². The van der Waals surface area contributed by atoms with Crippen LogP contribution in [0.3, 0.4) is 0 Å². The summed E-state index contributed by atoms with van der Waals surface area (Å²) < 4.78 is 28.2. The van der Waals surface area contributed by atoms with E-state index in [9.17, 15) is 14.3 Å². The van der Waals surface area contributed by atoms with Crippen LogP contribution in [0, 0.1) is 0 Å². The van der Waals surface area contributed by atoms with E-state index >= 15 is 0 Å². The van der Waals surface area contributed by atoms with Crippen LogP contribution in [-0.2, 0) is 18.3 Å². The van der Waals surface area contributed by atoms with Gasteiger partial charge >= 0.3 is 13.5 Å². The summed E-state index contributed by atoms with van der Waals surface area (Å²) in [5.41, 5.74) is 4.85. The number of rotatable bonds is 6. The number of halogens is 1. The van der Waals surface area contributed by atoms with Crippen LogP contribution >= 0.6 is 19.4 Å². The van der Waals surface area contributed by atoms with E-state index in [4.69, 9.17) is 31.1 Å². The molecule has 130 valence electrons. The molecule has 1 aromatic rings. The van der Waals surface area contributed by atoms with Crippen molar-refractivity contribution in [3.05, 3.63) is 22.7 Å². The van der Waals surface area contributed by atoms with Crippen LogP contribution in [0.1, 0.15) is 26.5 Å². The maximum atomic E-state index is 11.8. The van der Waals surface area contributed by atoms with Crippen molar-refractivity contribution in [2.75, 3.05) is 12.3 Å².